The Balaban J connectivity index is 1.40. The number of halogens is 1. The predicted molar refractivity (Wildman–Crippen MR) is 158 cm³/mol. The molecule has 0 aliphatic carbocycles. The van der Waals surface area contributed by atoms with E-state index in [1.807, 2.05) is 43.4 Å². The lowest BCUT2D eigenvalue weighted by Gasteiger charge is -2.18. The smallest absolute Gasteiger partial charge is 0.159 e. The van der Waals surface area contributed by atoms with Crippen LogP contribution in [0.25, 0.3) is 56.0 Å². The second-order valence-electron chi connectivity index (χ2n) is 10.3. The summed E-state index contributed by atoms with van der Waals surface area (Å²) < 4.78 is 14.7. The average Bonchev–Trinajstić information content (AvgIpc) is 3.59. The van der Waals surface area contributed by atoms with Crippen LogP contribution in [-0.4, -0.2) is 67.2 Å². The Morgan fingerprint density at radius 2 is 1.88 bits per heavy atom. The highest BCUT2D eigenvalue weighted by Gasteiger charge is 2.18. The maximum absolute atomic E-state index is 14.7. The van der Waals surface area contributed by atoms with E-state index < -0.39 is 0 Å². The molecule has 0 saturated carbocycles. The normalized spacial score (nSPS) is 12.5. The maximum Gasteiger partial charge on any atom is 0.159 e. The number of aromatic amines is 2. The Labute approximate surface area is 236 Å². The molecular formula is C30H31FN10. The molecule has 1 atom stereocenters. The van der Waals surface area contributed by atoms with Crippen LogP contribution >= 0.6 is 0 Å². The molecule has 0 spiro atoms. The van der Waals surface area contributed by atoms with Crippen molar-refractivity contribution in [3.63, 3.8) is 0 Å². The van der Waals surface area contributed by atoms with Crippen LogP contribution < -0.4 is 11.1 Å². The SMILES string of the molecule is CCNCc1cncc(-c2cc3c(-c4nc5c(-c6cc(F)cc(C(N)CN(C)C)c6)nccc5[nH]4)n[nH]c3cn2)c1. The molecule has 5 aromatic heterocycles. The highest BCUT2D eigenvalue weighted by molar-refractivity contribution is 5.96. The minimum Gasteiger partial charge on any atom is -0.336 e. The zero-order valence-electron chi connectivity index (χ0n) is 23.1. The van der Waals surface area contributed by atoms with Gasteiger partial charge in [0.25, 0.3) is 0 Å². The summed E-state index contributed by atoms with van der Waals surface area (Å²) in [6.07, 6.45) is 7.10. The summed E-state index contributed by atoms with van der Waals surface area (Å²) in [5.41, 5.74) is 13.8. The van der Waals surface area contributed by atoms with Crippen LogP contribution in [0.1, 0.15) is 24.1 Å². The molecule has 0 bridgehead atoms. The van der Waals surface area contributed by atoms with Gasteiger partial charge in [0.1, 0.15) is 17.0 Å². The van der Waals surface area contributed by atoms with Gasteiger partial charge in [-0.3, -0.25) is 20.1 Å². The van der Waals surface area contributed by atoms with Gasteiger partial charge < -0.3 is 20.9 Å². The number of likely N-dealkylation sites (N-methyl/N-ethyl adjacent to an activating group) is 1. The Morgan fingerprint density at radius 3 is 2.71 bits per heavy atom. The van der Waals surface area contributed by atoms with Gasteiger partial charge in [0.05, 0.1) is 28.6 Å². The topological polar surface area (TPSA) is 137 Å². The van der Waals surface area contributed by atoms with Crippen molar-refractivity contribution >= 4 is 21.9 Å². The third kappa shape index (κ3) is 5.42. The summed E-state index contributed by atoms with van der Waals surface area (Å²) in [5.74, 6) is 0.196. The molecule has 1 unspecified atom stereocenters. The van der Waals surface area contributed by atoms with E-state index in [9.17, 15) is 4.39 Å². The van der Waals surface area contributed by atoms with Crippen LogP contribution in [0.15, 0.2) is 61.2 Å². The summed E-state index contributed by atoms with van der Waals surface area (Å²) in [4.78, 5) is 23.8. The van der Waals surface area contributed by atoms with Crippen LogP contribution in [0.5, 0.6) is 0 Å². The lowest BCUT2D eigenvalue weighted by atomic mass is 10.0. The molecular weight excluding hydrogens is 519 g/mol. The zero-order chi connectivity index (χ0) is 28.5. The molecule has 0 fully saturated rings. The molecule has 0 saturated heterocycles. The van der Waals surface area contributed by atoms with Gasteiger partial charge in [0.2, 0.25) is 0 Å². The van der Waals surface area contributed by atoms with Crippen LogP contribution in [0.4, 0.5) is 4.39 Å². The first-order chi connectivity index (χ1) is 19.9. The first-order valence-corrected chi connectivity index (χ1v) is 13.4. The number of benzene rings is 1. The van der Waals surface area contributed by atoms with Crippen LogP contribution in [0, 0.1) is 5.82 Å². The summed E-state index contributed by atoms with van der Waals surface area (Å²) in [7, 11) is 3.87. The third-order valence-electron chi connectivity index (χ3n) is 6.93. The van der Waals surface area contributed by atoms with Crippen molar-refractivity contribution in [3.8, 4) is 34.0 Å². The Kier molecular flexibility index (Phi) is 7.23. The monoisotopic (exact) mass is 550 g/mol. The van der Waals surface area contributed by atoms with Gasteiger partial charge in [-0.2, -0.15) is 5.10 Å². The molecule has 5 N–H and O–H groups in total. The van der Waals surface area contributed by atoms with E-state index in [1.54, 1.807) is 18.6 Å². The number of aromatic nitrogens is 7. The van der Waals surface area contributed by atoms with Gasteiger partial charge in [-0.25, -0.2) is 9.37 Å². The molecule has 0 radical (unpaired) electrons. The Bertz CT molecular complexity index is 1840. The van der Waals surface area contributed by atoms with Crippen molar-refractivity contribution in [1.82, 2.24) is 45.3 Å². The van der Waals surface area contributed by atoms with E-state index in [0.29, 0.717) is 40.4 Å². The fourth-order valence-electron chi connectivity index (χ4n) is 4.97. The van der Waals surface area contributed by atoms with E-state index in [-0.39, 0.29) is 11.9 Å². The van der Waals surface area contributed by atoms with Crippen molar-refractivity contribution < 1.29 is 4.39 Å². The molecule has 6 aromatic rings. The molecule has 11 heteroatoms. The molecule has 6 rings (SSSR count). The number of rotatable bonds is 9. The highest BCUT2D eigenvalue weighted by Crippen LogP contribution is 2.32. The van der Waals surface area contributed by atoms with Crippen LogP contribution in [-0.2, 0) is 6.54 Å². The van der Waals surface area contributed by atoms with Gasteiger partial charge in [-0.15, -0.1) is 0 Å². The van der Waals surface area contributed by atoms with Gasteiger partial charge in [0, 0.05) is 54.2 Å². The van der Waals surface area contributed by atoms with Crippen molar-refractivity contribution in [1.29, 1.82) is 0 Å². The number of nitrogens with zero attached hydrogens (tertiary/aromatic N) is 6. The minimum absolute atomic E-state index is 0.342. The van der Waals surface area contributed by atoms with Crippen molar-refractivity contribution in [2.75, 3.05) is 27.2 Å². The number of nitrogens with two attached hydrogens (primary N) is 1. The minimum atomic E-state index is -0.372. The lowest BCUT2D eigenvalue weighted by Crippen LogP contribution is -2.26. The summed E-state index contributed by atoms with van der Waals surface area (Å²) >= 11 is 0. The third-order valence-corrected chi connectivity index (χ3v) is 6.93. The summed E-state index contributed by atoms with van der Waals surface area (Å²) in [5, 5.41) is 11.8. The van der Waals surface area contributed by atoms with Gasteiger partial charge >= 0.3 is 0 Å². The lowest BCUT2D eigenvalue weighted by molar-refractivity contribution is 0.376. The number of imidazole rings is 1. The quantitative estimate of drug-likeness (QED) is 0.207. The molecule has 5 heterocycles. The zero-order valence-corrected chi connectivity index (χ0v) is 23.1. The Hall–Kier alpha value is -4.58. The van der Waals surface area contributed by atoms with Crippen LogP contribution in [0.3, 0.4) is 0 Å². The van der Waals surface area contributed by atoms with E-state index in [1.165, 1.54) is 12.1 Å². The molecule has 0 amide bonds. The first-order valence-electron chi connectivity index (χ1n) is 13.4. The number of nitrogens with one attached hydrogen (secondary N) is 3. The fraction of sp³-hybridized carbons (Fsp3) is 0.233. The molecule has 1 aromatic carbocycles. The number of pyridine rings is 3. The van der Waals surface area contributed by atoms with Crippen molar-refractivity contribution in [2.24, 2.45) is 5.73 Å². The second kappa shape index (κ2) is 11.1. The molecule has 41 heavy (non-hydrogen) atoms. The predicted octanol–water partition coefficient (Wildman–Crippen LogP) is 4.44. The number of H-pyrrole nitrogens is 2. The molecule has 0 aliphatic heterocycles. The van der Waals surface area contributed by atoms with E-state index in [2.05, 4.69) is 48.4 Å². The van der Waals surface area contributed by atoms with Crippen molar-refractivity contribution in [2.45, 2.75) is 19.5 Å². The number of fused-ring (bicyclic) bond motifs is 2. The maximum atomic E-state index is 14.7. The van der Waals surface area contributed by atoms with Crippen LogP contribution in [0.2, 0.25) is 0 Å². The standard InChI is InChI=1S/C30H31FN10/c1-4-33-12-17-7-20(14-34-13-17)25-11-22-26(15-36-25)39-40-28(22)30-37-24-5-6-35-27(29(24)38-30)19-8-18(9-21(31)10-19)23(32)16-41(2)3/h5-11,13-15,23,33H,4,12,16,32H2,1-3H3,(H,37,38)(H,39,40). The largest absolute Gasteiger partial charge is 0.336 e. The van der Waals surface area contributed by atoms with Gasteiger partial charge in [-0.05, 0) is 68.2 Å². The van der Waals surface area contributed by atoms with E-state index in [4.69, 9.17) is 10.7 Å². The van der Waals surface area contributed by atoms with Gasteiger partial charge in [0.15, 0.2) is 5.82 Å². The van der Waals surface area contributed by atoms with Crippen molar-refractivity contribution in [3.05, 3.63) is 78.1 Å². The first kappa shape index (κ1) is 26.6. The Morgan fingerprint density at radius 1 is 1.00 bits per heavy atom. The van der Waals surface area contributed by atoms with E-state index >= 15 is 0 Å². The summed E-state index contributed by atoms with van der Waals surface area (Å²) in [6, 6.07) is 10.4. The average molecular weight is 551 g/mol. The summed E-state index contributed by atoms with van der Waals surface area (Å²) in [6.45, 7) is 4.28. The fourth-order valence-corrected chi connectivity index (χ4v) is 4.97. The second-order valence-corrected chi connectivity index (χ2v) is 10.3. The molecule has 208 valence electrons. The van der Waals surface area contributed by atoms with Gasteiger partial charge in [-0.1, -0.05) is 6.92 Å². The number of hydrogen-bond acceptors (Lipinski definition) is 8. The number of hydrogen-bond donors (Lipinski definition) is 4. The highest BCUT2D eigenvalue weighted by atomic mass is 19.1. The molecule has 10 nitrogen and oxygen atoms in total. The molecule has 0 aliphatic rings. The van der Waals surface area contributed by atoms with E-state index in [0.717, 1.165) is 46.3 Å².